The molecule has 2 aromatic heterocycles. The lowest BCUT2D eigenvalue weighted by Crippen LogP contribution is -2.46. The van der Waals surface area contributed by atoms with E-state index in [9.17, 15) is 31.1 Å². The Bertz CT molecular complexity index is 929. The zero-order valence-corrected chi connectivity index (χ0v) is 17.3. The van der Waals surface area contributed by atoms with Crippen LogP contribution in [0.15, 0.2) is 22.7 Å². The van der Waals surface area contributed by atoms with Crippen LogP contribution in [0.4, 0.5) is 26.3 Å². The number of piperidine rings is 1. The van der Waals surface area contributed by atoms with Crippen molar-refractivity contribution in [2.45, 2.75) is 37.5 Å². The van der Waals surface area contributed by atoms with Gasteiger partial charge in [0.05, 0.1) is 18.2 Å². The molecule has 2 atom stereocenters. The molecule has 0 radical (unpaired) electrons. The van der Waals surface area contributed by atoms with Gasteiger partial charge in [0.25, 0.3) is 5.91 Å². The Kier molecular flexibility index (Phi) is 8.14. The SMILES string of the molecule is O=C(N[C@H]1CC[C@H](c2nnc(OCCOC(F)(F)F)o2)NC1)c1ccc(OCC(F)(F)F)nc1. The molecule has 0 bridgehead atoms. The van der Waals surface area contributed by atoms with Crippen molar-refractivity contribution in [2.75, 3.05) is 26.4 Å². The van der Waals surface area contributed by atoms with E-state index in [4.69, 9.17) is 9.15 Å². The molecule has 0 saturated carbocycles. The van der Waals surface area contributed by atoms with Gasteiger partial charge in [0.2, 0.25) is 11.8 Å². The molecule has 1 saturated heterocycles. The van der Waals surface area contributed by atoms with Crippen LogP contribution in [0.25, 0.3) is 0 Å². The van der Waals surface area contributed by atoms with Crippen molar-refractivity contribution in [3.8, 4) is 12.0 Å². The third kappa shape index (κ3) is 8.33. The van der Waals surface area contributed by atoms with Crippen LogP contribution in [0.1, 0.15) is 35.1 Å². The molecule has 3 rings (SSSR count). The summed E-state index contributed by atoms with van der Waals surface area (Å²) in [5, 5.41) is 13.3. The van der Waals surface area contributed by atoms with E-state index < -0.39 is 38.3 Å². The van der Waals surface area contributed by atoms with E-state index in [1.165, 1.54) is 12.1 Å². The predicted octanol–water partition coefficient (Wildman–Crippen LogP) is 2.54. The lowest BCUT2D eigenvalue weighted by Gasteiger charge is -2.28. The van der Waals surface area contributed by atoms with Gasteiger partial charge in [-0.15, -0.1) is 18.3 Å². The van der Waals surface area contributed by atoms with Crippen molar-refractivity contribution in [3.63, 3.8) is 0 Å². The molecule has 188 valence electrons. The lowest BCUT2D eigenvalue weighted by molar-refractivity contribution is -0.325. The first-order valence-electron chi connectivity index (χ1n) is 9.85. The first-order valence-corrected chi connectivity index (χ1v) is 9.85. The Morgan fingerprint density at radius 1 is 1.12 bits per heavy atom. The number of hydrogen-bond donors (Lipinski definition) is 2. The molecular weight excluding hydrogens is 480 g/mol. The second-order valence-electron chi connectivity index (χ2n) is 7.05. The highest BCUT2D eigenvalue weighted by atomic mass is 19.4. The van der Waals surface area contributed by atoms with Crippen molar-refractivity contribution in [3.05, 3.63) is 29.8 Å². The summed E-state index contributed by atoms with van der Waals surface area (Å²) in [5.74, 6) is -0.545. The molecule has 0 aliphatic carbocycles. The largest absolute Gasteiger partial charge is 0.522 e. The maximum absolute atomic E-state index is 12.3. The number of nitrogens with one attached hydrogen (secondary N) is 2. The fourth-order valence-electron chi connectivity index (χ4n) is 2.92. The average molecular weight is 499 g/mol. The van der Waals surface area contributed by atoms with Crippen molar-refractivity contribution in [1.29, 1.82) is 0 Å². The van der Waals surface area contributed by atoms with Crippen LogP contribution in [-0.4, -0.2) is 66.0 Å². The second kappa shape index (κ2) is 10.9. The summed E-state index contributed by atoms with van der Waals surface area (Å²) < 4.78 is 90.5. The van der Waals surface area contributed by atoms with Gasteiger partial charge in [0, 0.05) is 24.8 Å². The quantitative estimate of drug-likeness (QED) is 0.396. The van der Waals surface area contributed by atoms with Crippen LogP contribution in [0, 0.1) is 0 Å². The number of aromatic nitrogens is 3. The number of carbonyl (C=O) groups excluding carboxylic acids is 1. The molecule has 3 heterocycles. The third-order valence-corrected chi connectivity index (χ3v) is 4.43. The fraction of sp³-hybridized carbons (Fsp3) is 0.556. The molecule has 0 unspecified atom stereocenters. The van der Waals surface area contributed by atoms with Crippen LogP contribution in [0.5, 0.6) is 12.0 Å². The summed E-state index contributed by atoms with van der Waals surface area (Å²) in [7, 11) is 0. The fourth-order valence-corrected chi connectivity index (χ4v) is 2.92. The third-order valence-electron chi connectivity index (χ3n) is 4.43. The summed E-state index contributed by atoms with van der Waals surface area (Å²) >= 11 is 0. The van der Waals surface area contributed by atoms with E-state index in [-0.39, 0.29) is 35.5 Å². The summed E-state index contributed by atoms with van der Waals surface area (Å²) in [4.78, 5) is 16.0. The van der Waals surface area contributed by atoms with Gasteiger partial charge in [0.1, 0.15) is 6.61 Å². The van der Waals surface area contributed by atoms with Gasteiger partial charge in [-0.3, -0.25) is 9.53 Å². The molecule has 0 spiro atoms. The Morgan fingerprint density at radius 3 is 2.53 bits per heavy atom. The van der Waals surface area contributed by atoms with E-state index in [0.717, 1.165) is 6.20 Å². The van der Waals surface area contributed by atoms with Crippen molar-refractivity contribution >= 4 is 5.91 Å². The van der Waals surface area contributed by atoms with Gasteiger partial charge in [0.15, 0.2) is 6.61 Å². The maximum Gasteiger partial charge on any atom is 0.522 e. The van der Waals surface area contributed by atoms with Gasteiger partial charge in [-0.1, -0.05) is 5.10 Å². The molecule has 34 heavy (non-hydrogen) atoms. The van der Waals surface area contributed by atoms with Crippen LogP contribution < -0.4 is 20.1 Å². The van der Waals surface area contributed by atoms with Crippen molar-refractivity contribution in [2.24, 2.45) is 0 Å². The monoisotopic (exact) mass is 499 g/mol. The molecular formula is C18H19F6N5O5. The highest BCUT2D eigenvalue weighted by Gasteiger charge is 2.30. The topological polar surface area (TPSA) is 121 Å². The number of rotatable bonds is 9. The zero-order valence-electron chi connectivity index (χ0n) is 17.3. The molecule has 1 amide bonds. The second-order valence-corrected chi connectivity index (χ2v) is 7.05. The number of alkyl halides is 6. The van der Waals surface area contributed by atoms with Crippen molar-refractivity contribution in [1.82, 2.24) is 25.8 Å². The van der Waals surface area contributed by atoms with Crippen molar-refractivity contribution < 1.29 is 49.8 Å². The minimum absolute atomic E-state index is 0.148. The number of amides is 1. The van der Waals surface area contributed by atoms with Crippen LogP contribution in [-0.2, 0) is 4.74 Å². The molecule has 1 aliphatic rings. The molecule has 1 aliphatic heterocycles. The van der Waals surface area contributed by atoms with Crippen LogP contribution >= 0.6 is 0 Å². The summed E-state index contributed by atoms with van der Waals surface area (Å²) in [6, 6.07) is 1.85. The molecule has 2 N–H and O–H groups in total. The van der Waals surface area contributed by atoms with Gasteiger partial charge < -0.3 is 24.5 Å². The normalized spacial score (nSPS) is 19.0. The highest BCUT2D eigenvalue weighted by Crippen LogP contribution is 2.24. The average Bonchev–Trinajstić information content (AvgIpc) is 3.24. The Labute approximate surface area is 188 Å². The minimum atomic E-state index is -4.76. The number of halogens is 6. The van der Waals surface area contributed by atoms with E-state index in [0.29, 0.717) is 19.4 Å². The van der Waals surface area contributed by atoms with E-state index in [1.54, 1.807) is 0 Å². The molecule has 1 fully saturated rings. The van der Waals surface area contributed by atoms with E-state index in [1.807, 2.05) is 0 Å². The number of pyridine rings is 1. The van der Waals surface area contributed by atoms with Gasteiger partial charge >= 0.3 is 18.6 Å². The van der Waals surface area contributed by atoms with Gasteiger partial charge in [-0.25, -0.2) is 4.98 Å². The van der Waals surface area contributed by atoms with Crippen LogP contribution in [0.2, 0.25) is 0 Å². The Balaban J connectivity index is 1.40. The molecule has 0 aromatic carbocycles. The zero-order chi connectivity index (χ0) is 24.8. The number of hydrogen-bond acceptors (Lipinski definition) is 9. The molecule has 10 nitrogen and oxygen atoms in total. The highest BCUT2D eigenvalue weighted by molar-refractivity contribution is 5.94. The van der Waals surface area contributed by atoms with E-state index >= 15 is 0 Å². The lowest BCUT2D eigenvalue weighted by atomic mass is 10.0. The number of carbonyl (C=O) groups is 1. The summed E-state index contributed by atoms with van der Waals surface area (Å²) in [6.07, 6.45) is -7.42. The van der Waals surface area contributed by atoms with Gasteiger partial charge in [-0.05, 0) is 18.9 Å². The van der Waals surface area contributed by atoms with Crippen LogP contribution in [0.3, 0.4) is 0 Å². The smallest absolute Gasteiger partial charge is 0.468 e. The Morgan fingerprint density at radius 2 is 1.91 bits per heavy atom. The minimum Gasteiger partial charge on any atom is -0.468 e. The molecule has 2 aromatic rings. The van der Waals surface area contributed by atoms with Gasteiger partial charge in [-0.2, -0.15) is 13.2 Å². The predicted molar refractivity (Wildman–Crippen MR) is 98.8 cm³/mol. The summed E-state index contributed by atoms with van der Waals surface area (Å²) in [5.41, 5.74) is 0.148. The number of nitrogens with zero attached hydrogens (tertiary/aromatic N) is 3. The first kappa shape index (κ1) is 25.5. The number of ether oxygens (including phenoxy) is 3. The first-order chi connectivity index (χ1) is 16.0. The van der Waals surface area contributed by atoms with E-state index in [2.05, 4.69) is 35.3 Å². The maximum atomic E-state index is 12.3. The standard InChI is InChI=1S/C18H19F6N5O5/c19-17(20,21)9-32-13-4-1-10(7-26-13)14(30)27-11-2-3-12(25-8-11)15-28-29-16(34-15)31-5-6-33-18(22,23)24/h1,4,7,11-12,25H,2-3,5-6,8-9H2,(H,27,30)/t11-,12+/m0/s1. The summed E-state index contributed by atoms with van der Waals surface area (Å²) in [6.45, 7) is -2.31. The molecule has 16 heteroatoms. The Hall–Kier alpha value is -3.14.